The Kier molecular flexibility index (Phi) is 4.66. The first-order valence-corrected chi connectivity index (χ1v) is 10.6. The minimum absolute atomic E-state index is 0.00934. The van der Waals surface area contributed by atoms with Crippen LogP contribution in [0, 0.1) is 13.8 Å². The number of rotatable bonds is 3. The summed E-state index contributed by atoms with van der Waals surface area (Å²) in [6.07, 6.45) is 2.26. The van der Waals surface area contributed by atoms with Crippen molar-refractivity contribution in [3.63, 3.8) is 0 Å². The Hall–Kier alpha value is -3.80. The number of benzene rings is 2. The fraction of sp³-hybridized carbons (Fsp3) is 0.231. The Balaban J connectivity index is 1.67. The van der Waals surface area contributed by atoms with E-state index in [-0.39, 0.29) is 17.4 Å². The van der Waals surface area contributed by atoms with Crippen LogP contribution in [0.5, 0.6) is 5.75 Å². The van der Waals surface area contributed by atoms with Crippen molar-refractivity contribution < 1.29 is 23.8 Å². The van der Waals surface area contributed by atoms with Crippen LogP contribution >= 0.6 is 0 Å². The van der Waals surface area contributed by atoms with E-state index in [1.807, 2.05) is 39.0 Å². The molecule has 6 nitrogen and oxygen atoms in total. The van der Waals surface area contributed by atoms with Crippen LogP contribution in [0.2, 0.25) is 0 Å². The Morgan fingerprint density at radius 1 is 1.06 bits per heavy atom. The Labute approximate surface area is 185 Å². The number of hydrogen-bond acceptors (Lipinski definition) is 5. The number of aryl methyl sites for hydroxylation is 2. The Morgan fingerprint density at radius 3 is 2.59 bits per heavy atom. The second-order valence-electron chi connectivity index (χ2n) is 8.41. The van der Waals surface area contributed by atoms with Gasteiger partial charge in [-0.3, -0.25) is 14.5 Å². The number of nitrogens with zero attached hydrogens (tertiary/aromatic N) is 1. The van der Waals surface area contributed by atoms with Gasteiger partial charge in [0, 0.05) is 17.7 Å². The molecule has 32 heavy (non-hydrogen) atoms. The lowest BCUT2D eigenvalue weighted by Gasteiger charge is -2.24. The van der Waals surface area contributed by atoms with Crippen LogP contribution < -0.4 is 9.64 Å². The molecule has 2 aliphatic rings. The third-order valence-electron chi connectivity index (χ3n) is 6.20. The molecule has 0 spiro atoms. The third-order valence-corrected chi connectivity index (χ3v) is 6.20. The van der Waals surface area contributed by atoms with E-state index < -0.39 is 17.7 Å². The maximum Gasteiger partial charge on any atom is 0.300 e. The molecule has 1 N–H and O–H groups in total. The quantitative estimate of drug-likeness (QED) is 0.366. The molecule has 3 heterocycles. The van der Waals surface area contributed by atoms with E-state index >= 15 is 0 Å². The van der Waals surface area contributed by atoms with Crippen LogP contribution in [-0.2, 0) is 16.0 Å². The first-order chi connectivity index (χ1) is 15.3. The molecule has 1 amide bonds. The molecule has 3 aromatic rings. The van der Waals surface area contributed by atoms with Gasteiger partial charge >= 0.3 is 0 Å². The smallest absolute Gasteiger partial charge is 0.300 e. The van der Waals surface area contributed by atoms with Crippen molar-refractivity contribution in [2.24, 2.45) is 0 Å². The number of ether oxygens (including phenoxy) is 1. The van der Waals surface area contributed by atoms with Crippen LogP contribution in [0.4, 0.5) is 5.69 Å². The summed E-state index contributed by atoms with van der Waals surface area (Å²) in [5.41, 5.74) is 4.09. The van der Waals surface area contributed by atoms with E-state index in [1.165, 1.54) is 11.2 Å². The summed E-state index contributed by atoms with van der Waals surface area (Å²) in [7, 11) is 0. The summed E-state index contributed by atoms with van der Waals surface area (Å²) >= 11 is 0. The minimum atomic E-state index is -0.865. The molecule has 1 saturated heterocycles. The predicted molar refractivity (Wildman–Crippen MR) is 120 cm³/mol. The summed E-state index contributed by atoms with van der Waals surface area (Å²) in [5.74, 6) is -0.491. The highest BCUT2D eigenvalue weighted by Crippen LogP contribution is 2.43. The summed E-state index contributed by atoms with van der Waals surface area (Å²) in [5, 5.41) is 11.2. The normalized spacial score (nSPS) is 21.7. The van der Waals surface area contributed by atoms with E-state index in [0.717, 1.165) is 28.9 Å². The van der Waals surface area contributed by atoms with Crippen molar-refractivity contribution in [2.45, 2.75) is 39.3 Å². The number of hydrogen-bond donors (Lipinski definition) is 1. The van der Waals surface area contributed by atoms with E-state index in [0.29, 0.717) is 17.0 Å². The zero-order chi connectivity index (χ0) is 22.6. The standard InChI is InChI=1S/C26H23NO5/c1-14-6-8-19(11-15(14)2)27-23(21-5-4-10-31-21)22(25(29)26(27)30)24(28)17-7-9-20-18(13-17)12-16(3)32-20/h4-11,13,16,23,28H,12H2,1-3H3/b24-22-. The zero-order valence-corrected chi connectivity index (χ0v) is 18.1. The van der Waals surface area contributed by atoms with Gasteiger partial charge in [0.25, 0.3) is 11.7 Å². The molecular formula is C26H23NO5. The van der Waals surface area contributed by atoms with E-state index in [1.54, 1.807) is 30.3 Å². The number of fused-ring (bicyclic) bond motifs is 1. The zero-order valence-electron chi connectivity index (χ0n) is 18.1. The lowest BCUT2D eigenvalue weighted by atomic mass is 9.97. The molecule has 1 fully saturated rings. The minimum Gasteiger partial charge on any atom is -0.507 e. The lowest BCUT2D eigenvalue weighted by molar-refractivity contribution is -0.132. The summed E-state index contributed by atoms with van der Waals surface area (Å²) in [6, 6.07) is 13.4. The summed E-state index contributed by atoms with van der Waals surface area (Å²) in [4.78, 5) is 27.7. The molecular weight excluding hydrogens is 406 g/mol. The van der Waals surface area contributed by atoms with Crippen molar-refractivity contribution >= 4 is 23.1 Å². The third kappa shape index (κ3) is 3.11. The van der Waals surface area contributed by atoms with Crippen molar-refractivity contribution in [2.75, 3.05) is 4.90 Å². The topological polar surface area (TPSA) is 80.0 Å². The van der Waals surface area contributed by atoms with Gasteiger partial charge in [0.15, 0.2) is 0 Å². The maximum absolute atomic E-state index is 13.2. The van der Waals surface area contributed by atoms with Crippen molar-refractivity contribution in [1.29, 1.82) is 0 Å². The van der Waals surface area contributed by atoms with Gasteiger partial charge in [0.05, 0.1) is 11.8 Å². The molecule has 5 rings (SSSR count). The van der Waals surface area contributed by atoms with Gasteiger partial charge < -0.3 is 14.3 Å². The first-order valence-electron chi connectivity index (χ1n) is 10.6. The van der Waals surface area contributed by atoms with E-state index in [4.69, 9.17) is 9.15 Å². The summed E-state index contributed by atoms with van der Waals surface area (Å²) < 4.78 is 11.4. The molecule has 2 unspecified atom stereocenters. The average Bonchev–Trinajstić information content (AvgIpc) is 3.47. The van der Waals surface area contributed by atoms with Crippen LogP contribution in [0.15, 0.2) is 64.8 Å². The molecule has 6 heteroatoms. The van der Waals surface area contributed by atoms with E-state index in [2.05, 4.69) is 0 Å². The van der Waals surface area contributed by atoms with Gasteiger partial charge in [-0.05, 0) is 79.9 Å². The Bertz CT molecular complexity index is 1270. The summed E-state index contributed by atoms with van der Waals surface area (Å²) in [6.45, 7) is 5.91. The van der Waals surface area contributed by atoms with Gasteiger partial charge in [0.1, 0.15) is 29.4 Å². The van der Waals surface area contributed by atoms with Crippen molar-refractivity contribution in [3.8, 4) is 5.75 Å². The monoisotopic (exact) mass is 429 g/mol. The second-order valence-corrected chi connectivity index (χ2v) is 8.41. The molecule has 0 aliphatic carbocycles. The fourth-order valence-corrected chi connectivity index (χ4v) is 4.42. The van der Waals surface area contributed by atoms with Crippen molar-refractivity contribution in [3.05, 3.63) is 88.4 Å². The number of amides is 1. The SMILES string of the molecule is Cc1ccc(N2C(=O)C(=O)/C(=C(\O)c3ccc4c(c3)CC(C)O4)C2c2ccco2)cc1C. The lowest BCUT2D eigenvalue weighted by Crippen LogP contribution is -2.29. The molecule has 0 saturated carbocycles. The highest BCUT2D eigenvalue weighted by Gasteiger charge is 2.48. The number of furan rings is 1. The predicted octanol–water partition coefficient (Wildman–Crippen LogP) is 4.85. The molecule has 0 radical (unpaired) electrons. The highest BCUT2D eigenvalue weighted by atomic mass is 16.5. The number of ketones is 1. The number of Topliss-reactive ketones (excluding diaryl/α,β-unsaturated/α-hetero) is 1. The van der Waals surface area contributed by atoms with Gasteiger partial charge in [-0.15, -0.1) is 0 Å². The van der Waals surface area contributed by atoms with Gasteiger partial charge in [-0.25, -0.2) is 0 Å². The molecule has 1 aromatic heterocycles. The van der Waals surface area contributed by atoms with Gasteiger partial charge in [0.2, 0.25) is 0 Å². The van der Waals surface area contributed by atoms with E-state index in [9.17, 15) is 14.7 Å². The number of carbonyl (C=O) groups is 2. The molecule has 0 bridgehead atoms. The largest absolute Gasteiger partial charge is 0.507 e. The van der Waals surface area contributed by atoms with Crippen molar-refractivity contribution in [1.82, 2.24) is 0 Å². The fourth-order valence-electron chi connectivity index (χ4n) is 4.42. The van der Waals surface area contributed by atoms with Gasteiger partial charge in [-0.2, -0.15) is 0 Å². The van der Waals surface area contributed by atoms with Crippen LogP contribution in [0.3, 0.4) is 0 Å². The number of anilines is 1. The number of aliphatic hydroxyl groups excluding tert-OH is 1. The van der Waals surface area contributed by atoms with Gasteiger partial charge in [-0.1, -0.05) is 6.07 Å². The molecule has 162 valence electrons. The van der Waals surface area contributed by atoms with Crippen LogP contribution in [0.1, 0.15) is 41.0 Å². The molecule has 2 atom stereocenters. The highest BCUT2D eigenvalue weighted by molar-refractivity contribution is 6.51. The second kappa shape index (κ2) is 7.41. The molecule has 2 aromatic carbocycles. The number of carbonyl (C=O) groups excluding carboxylic acids is 2. The number of aliphatic hydroxyl groups is 1. The van der Waals surface area contributed by atoms with Crippen LogP contribution in [0.25, 0.3) is 5.76 Å². The average molecular weight is 429 g/mol. The first kappa shape index (κ1) is 20.1. The maximum atomic E-state index is 13.2. The molecule has 2 aliphatic heterocycles. The Morgan fingerprint density at radius 2 is 1.88 bits per heavy atom. The van der Waals surface area contributed by atoms with Crippen LogP contribution in [-0.4, -0.2) is 22.9 Å².